The van der Waals surface area contributed by atoms with Gasteiger partial charge in [-0.15, -0.1) is 0 Å². The van der Waals surface area contributed by atoms with Gasteiger partial charge in [-0.1, -0.05) is 13.3 Å². The van der Waals surface area contributed by atoms with Gasteiger partial charge in [-0.2, -0.15) is 0 Å². The number of fused-ring (bicyclic) bond motifs is 1. The van der Waals surface area contributed by atoms with Crippen LogP contribution in [0.1, 0.15) is 47.9 Å². The summed E-state index contributed by atoms with van der Waals surface area (Å²) in [5.41, 5.74) is 3.00. The third-order valence-corrected chi connectivity index (χ3v) is 2.66. The Morgan fingerprint density at radius 3 is 3.00 bits per heavy atom. The smallest absolute Gasteiger partial charge is 0.164 e. The third-order valence-electron chi connectivity index (χ3n) is 2.66. The molecule has 1 aromatic rings. The SMILES string of the molecule is CCCc1ccc2c(n1)CCCC2=O. The van der Waals surface area contributed by atoms with Crippen LogP contribution in [0.15, 0.2) is 12.1 Å². The number of Topliss-reactive ketones (excluding diaryl/α,β-unsaturated/α-hetero) is 1. The number of aryl methyl sites for hydroxylation is 2. The molecule has 0 unspecified atom stereocenters. The van der Waals surface area contributed by atoms with Gasteiger partial charge in [0, 0.05) is 17.7 Å². The standard InChI is InChI=1S/C12H15NO/c1-2-4-9-7-8-10-11(13-9)5-3-6-12(10)14/h7-8H,2-6H2,1H3. The van der Waals surface area contributed by atoms with E-state index in [4.69, 9.17) is 0 Å². The zero-order valence-corrected chi connectivity index (χ0v) is 8.55. The van der Waals surface area contributed by atoms with Crippen LogP contribution in [-0.2, 0) is 12.8 Å². The van der Waals surface area contributed by atoms with Crippen LogP contribution in [0.2, 0.25) is 0 Å². The van der Waals surface area contributed by atoms with Crippen molar-refractivity contribution in [2.75, 3.05) is 0 Å². The van der Waals surface area contributed by atoms with Crippen LogP contribution in [0.4, 0.5) is 0 Å². The highest BCUT2D eigenvalue weighted by Crippen LogP contribution is 2.19. The quantitative estimate of drug-likeness (QED) is 0.715. The van der Waals surface area contributed by atoms with E-state index in [1.807, 2.05) is 12.1 Å². The molecular formula is C12H15NO. The summed E-state index contributed by atoms with van der Waals surface area (Å²) < 4.78 is 0. The van der Waals surface area contributed by atoms with Crippen molar-refractivity contribution in [2.45, 2.75) is 39.0 Å². The summed E-state index contributed by atoms with van der Waals surface area (Å²) in [4.78, 5) is 16.0. The minimum atomic E-state index is 0.266. The summed E-state index contributed by atoms with van der Waals surface area (Å²) in [7, 11) is 0. The van der Waals surface area contributed by atoms with Gasteiger partial charge in [-0.3, -0.25) is 9.78 Å². The van der Waals surface area contributed by atoms with Gasteiger partial charge in [-0.25, -0.2) is 0 Å². The van der Waals surface area contributed by atoms with Crippen LogP contribution >= 0.6 is 0 Å². The summed E-state index contributed by atoms with van der Waals surface area (Å²) in [6.07, 6.45) is 4.76. The second kappa shape index (κ2) is 3.91. The van der Waals surface area contributed by atoms with Gasteiger partial charge in [-0.05, 0) is 31.4 Å². The van der Waals surface area contributed by atoms with Gasteiger partial charge >= 0.3 is 0 Å². The zero-order valence-electron chi connectivity index (χ0n) is 8.55. The molecule has 0 fully saturated rings. The van der Waals surface area contributed by atoms with Crippen molar-refractivity contribution in [1.29, 1.82) is 0 Å². The summed E-state index contributed by atoms with van der Waals surface area (Å²) in [5.74, 6) is 0.266. The highest BCUT2D eigenvalue weighted by molar-refractivity contribution is 5.97. The lowest BCUT2D eigenvalue weighted by Crippen LogP contribution is -2.13. The van der Waals surface area contributed by atoms with E-state index in [2.05, 4.69) is 11.9 Å². The van der Waals surface area contributed by atoms with Crippen molar-refractivity contribution in [3.8, 4) is 0 Å². The molecule has 74 valence electrons. The average Bonchev–Trinajstić information content (AvgIpc) is 2.18. The Morgan fingerprint density at radius 1 is 1.36 bits per heavy atom. The molecule has 0 radical (unpaired) electrons. The second-order valence-corrected chi connectivity index (χ2v) is 3.82. The summed E-state index contributed by atoms with van der Waals surface area (Å²) in [6, 6.07) is 3.94. The van der Waals surface area contributed by atoms with Crippen molar-refractivity contribution in [1.82, 2.24) is 4.98 Å². The summed E-state index contributed by atoms with van der Waals surface area (Å²) in [5, 5.41) is 0. The molecule has 0 atom stereocenters. The van der Waals surface area contributed by atoms with Crippen molar-refractivity contribution in [2.24, 2.45) is 0 Å². The van der Waals surface area contributed by atoms with Crippen LogP contribution in [0, 0.1) is 0 Å². The fourth-order valence-electron chi connectivity index (χ4n) is 1.94. The fraction of sp³-hybridized carbons (Fsp3) is 0.500. The van der Waals surface area contributed by atoms with E-state index < -0.39 is 0 Å². The average molecular weight is 189 g/mol. The van der Waals surface area contributed by atoms with E-state index in [0.717, 1.165) is 42.6 Å². The predicted molar refractivity (Wildman–Crippen MR) is 55.5 cm³/mol. The van der Waals surface area contributed by atoms with Crippen molar-refractivity contribution < 1.29 is 4.79 Å². The Labute approximate surface area is 84.4 Å². The van der Waals surface area contributed by atoms with E-state index >= 15 is 0 Å². The molecule has 2 rings (SSSR count). The minimum absolute atomic E-state index is 0.266. The molecule has 0 N–H and O–H groups in total. The minimum Gasteiger partial charge on any atom is -0.294 e. The van der Waals surface area contributed by atoms with Crippen molar-refractivity contribution in [3.05, 3.63) is 29.1 Å². The first-order valence-electron chi connectivity index (χ1n) is 5.33. The molecule has 1 aliphatic rings. The Balaban J connectivity index is 2.34. The molecule has 0 aromatic carbocycles. The molecule has 1 heterocycles. The topological polar surface area (TPSA) is 30.0 Å². The van der Waals surface area contributed by atoms with Crippen LogP contribution < -0.4 is 0 Å². The molecule has 0 saturated carbocycles. The summed E-state index contributed by atoms with van der Waals surface area (Å²) >= 11 is 0. The number of hydrogen-bond donors (Lipinski definition) is 0. The lowest BCUT2D eigenvalue weighted by molar-refractivity contribution is 0.0971. The van der Waals surface area contributed by atoms with E-state index in [9.17, 15) is 4.79 Å². The normalized spacial score (nSPS) is 15.4. The highest BCUT2D eigenvalue weighted by Gasteiger charge is 2.17. The van der Waals surface area contributed by atoms with Crippen LogP contribution in [-0.4, -0.2) is 10.8 Å². The van der Waals surface area contributed by atoms with Gasteiger partial charge in [0.05, 0.1) is 5.69 Å². The van der Waals surface area contributed by atoms with Crippen LogP contribution in [0.25, 0.3) is 0 Å². The highest BCUT2D eigenvalue weighted by atomic mass is 16.1. The van der Waals surface area contributed by atoms with Crippen molar-refractivity contribution in [3.63, 3.8) is 0 Å². The number of rotatable bonds is 2. The Bertz CT molecular complexity index is 357. The molecule has 14 heavy (non-hydrogen) atoms. The molecule has 2 heteroatoms. The molecule has 0 saturated heterocycles. The first kappa shape index (κ1) is 9.38. The molecule has 0 spiro atoms. The van der Waals surface area contributed by atoms with Crippen LogP contribution in [0.3, 0.4) is 0 Å². The van der Waals surface area contributed by atoms with Crippen molar-refractivity contribution >= 4 is 5.78 Å². The van der Waals surface area contributed by atoms with Gasteiger partial charge in [0.1, 0.15) is 0 Å². The Kier molecular flexibility index (Phi) is 2.62. The predicted octanol–water partition coefficient (Wildman–Crippen LogP) is 2.55. The molecule has 1 aliphatic carbocycles. The first-order chi connectivity index (χ1) is 6.81. The number of nitrogens with zero attached hydrogens (tertiary/aromatic N) is 1. The molecular weight excluding hydrogens is 174 g/mol. The maximum atomic E-state index is 11.5. The number of aromatic nitrogens is 1. The van der Waals surface area contributed by atoms with Gasteiger partial charge in [0.25, 0.3) is 0 Å². The maximum Gasteiger partial charge on any atom is 0.164 e. The zero-order chi connectivity index (χ0) is 9.97. The number of ketones is 1. The third kappa shape index (κ3) is 1.69. The first-order valence-corrected chi connectivity index (χ1v) is 5.33. The lowest BCUT2D eigenvalue weighted by atomic mass is 9.94. The van der Waals surface area contributed by atoms with Gasteiger partial charge in [0.2, 0.25) is 0 Å². The maximum absolute atomic E-state index is 11.5. The molecule has 0 aliphatic heterocycles. The second-order valence-electron chi connectivity index (χ2n) is 3.82. The van der Waals surface area contributed by atoms with Gasteiger partial charge in [0.15, 0.2) is 5.78 Å². The number of hydrogen-bond acceptors (Lipinski definition) is 2. The van der Waals surface area contributed by atoms with Crippen LogP contribution in [0.5, 0.6) is 0 Å². The summed E-state index contributed by atoms with van der Waals surface area (Å²) in [6.45, 7) is 2.15. The van der Waals surface area contributed by atoms with E-state index in [1.54, 1.807) is 0 Å². The number of pyridine rings is 1. The molecule has 1 aromatic heterocycles. The monoisotopic (exact) mass is 189 g/mol. The van der Waals surface area contributed by atoms with E-state index in [-0.39, 0.29) is 5.78 Å². The Hall–Kier alpha value is -1.18. The van der Waals surface area contributed by atoms with E-state index in [0.29, 0.717) is 6.42 Å². The number of carbonyl (C=O) groups is 1. The largest absolute Gasteiger partial charge is 0.294 e. The molecule has 0 amide bonds. The Morgan fingerprint density at radius 2 is 2.21 bits per heavy atom. The lowest BCUT2D eigenvalue weighted by Gasteiger charge is -2.14. The fourth-order valence-corrected chi connectivity index (χ4v) is 1.94. The van der Waals surface area contributed by atoms with E-state index in [1.165, 1.54) is 0 Å². The van der Waals surface area contributed by atoms with Gasteiger partial charge < -0.3 is 0 Å². The number of carbonyl (C=O) groups excluding carboxylic acids is 1. The molecule has 2 nitrogen and oxygen atoms in total. The molecule has 0 bridgehead atoms.